The number of halogens is 1. The first kappa shape index (κ1) is 14.5. The SMILES string of the molecule is CC(C)(C)[C@@H]1CCCN1C(=O)c1ccc(F)c(C#N)c1. The Bertz CT molecular complexity index is 569. The Morgan fingerprint density at radius 3 is 2.75 bits per heavy atom. The lowest BCUT2D eigenvalue weighted by Gasteiger charge is -2.35. The molecule has 0 aromatic heterocycles. The van der Waals surface area contributed by atoms with E-state index in [1.165, 1.54) is 18.2 Å². The molecule has 0 bridgehead atoms. The Labute approximate surface area is 119 Å². The van der Waals surface area contributed by atoms with Gasteiger partial charge in [0, 0.05) is 18.2 Å². The van der Waals surface area contributed by atoms with E-state index in [1.54, 1.807) is 6.07 Å². The van der Waals surface area contributed by atoms with Gasteiger partial charge >= 0.3 is 0 Å². The summed E-state index contributed by atoms with van der Waals surface area (Å²) in [7, 11) is 0. The summed E-state index contributed by atoms with van der Waals surface area (Å²) in [4.78, 5) is 14.4. The molecule has 0 spiro atoms. The van der Waals surface area contributed by atoms with Gasteiger partial charge in [-0.05, 0) is 36.5 Å². The Hall–Kier alpha value is -1.89. The maximum Gasteiger partial charge on any atom is 0.254 e. The van der Waals surface area contributed by atoms with Crippen molar-refractivity contribution in [2.45, 2.75) is 39.7 Å². The molecule has 0 unspecified atom stereocenters. The molecule has 0 radical (unpaired) electrons. The third-order valence-corrected chi connectivity index (χ3v) is 3.85. The van der Waals surface area contributed by atoms with Crippen molar-refractivity contribution < 1.29 is 9.18 Å². The molecule has 3 nitrogen and oxygen atoms in total. The van der Waals surface area contributed by atoms with Gasteiger partial charge in [0.25, 0.3) is 5.91 Å². The number of benzene rings is 1. The zero-order valence-corrected chi connectivity index (χ0v) is 12.1. The number of nitrogens with zero attached hydrogens (tertiary/aromatic N) is 2. The zero-order valence-electron chi connectivity index (χ0n) is 12.1. The van der Waals surface area contributed by atoms with E-state index in [9.17, 15) is 9.18 Å². The van der Waals surface area contributed by atoms with Crippen LogP contribution in [0.5, 0.6) is 0 Å². The molecule has 2 rings (SSSR count). The van der Waals surface area contributed by atoms with Gasteiger partial charge < -0.3 is 4.90 Å². The molecule has 1 saturated heterocycles. The average molecular weight is 274 g/mol. The van der Waals surface area contributed by atoms with Crippen molar-refractivity contribution in [1.29, 1.82) is 5.26 Å². The summed E-state index contributed by atoms with van der Waals surface area (Å²) >= 11 is 0. The van der Waals surface area contributed by atoms with Gasteiger partial charge in [0.05, 0.1) is 5.56 Å². The van der Waals surface area contributed by atoms with Crippen molar-refractivity contribution in [2.75, 3.05) is 6.54 Å². The normalized spacial score (nSPS) is 18.9. The van der Waals surface area contributed by atoms with Gasteiger partial charge in [0.1, 0.15) is 11.9 Å². The molecular formula is C16H19FN2O. The second-order valence-corrected chi connectivity index (χ2v) is 6.33. The Kier molecular flexibility index (Phi) is 3.80. The average Bonchev–Trinajstić information content (AvgIpc) is 2.87. The molecule has 1 aliphatic heterocycles. The number of carbonyl (C=O) groups excluding carboxylic acids is 1. The van der Waals surface area contributed by atoms with Crippen LogP contribution in [-0.4, -0.2) is 23.4 Å². The zero-order chi connectivity index (χ0) is 14.9. The van der Waals surface area contributed by atoms with Gasteiger partial charge in [-0.25, -0.2) is 4.39 Å². The van der Waals surface area contributed by atoms with Crippen molar-refractivity contribution in [1.82, 2.24) is 4.90 Å². The van der Waals surface area contributed by atoms with Crippen LogP contribution in [0, 0.1) is 22.6 Å². The smallest absolute Gasteiger partial charge is 0.254 e. The summed E-state index contributed by atoms with van der Waals surface area (Å²) in [5.41, 5.74) is 0.325. The van der Waals surface area contributed by atoms with Crippen LogP contribution in [0.25, 0.3) is 0 Å². The van der Waals surface area contributed by atoms with Crippen LogP contribution >= 0.6 is 0 Å². The molecule has 0 saturated carbocycles. The molecule has 1 aromatic rings. The molecule has 0 aliphatic carbocycles. The molecule has 0 N–H and O–H groups in total. The maximum absolute atomic E-state index is 13.3. The van der Waals surface area contributed by atoms with Crippen molar-refractivity contribution in [3.63, 3.8) is 0 Å². The van der Waals surface area contributed by atoms with Crippen LogP contribution in [0.3, 0.4) is 0 Å². The number of rotatable bonds is 1. The molecular weight excluding hydrogens is 255 g/mol. The molecule has 1 amide bonds. The van der Waals surface area contributed by atoms with E-state index >= 15 is 0 Å². The molecule has 1 atom stereocenters. The van der Waals surface area contributed by atoms with Gasteiger partial charge in [0.15, 0.2) is 0 Å². The number of hydrogen-bond acceptors (Lipinski definition) is 2. The fourth-order valence-corrected chi connectivity index (χ4v) is 2.82. The van der Waals surface area contributed by atoms with Crippen LogP contribution in [-0.2, 0) is 0 Å². The predicted molar refractivity (Wildman–Crippen MR) is 74.6 cm³/mol. The molecule has 1 aromatic carbocycles. The Morgan fingerprint density at radius 2 is 2.15 bits per heavy atom. The standard InChI is InChI=1S/C16H19FN2O/c1-16(2,3)14-5-4-8-19(14)15(20)11-6-7-13(17)12(9-11)10-18/h6-7,9,14H,4-5,8H2,1-3H3/t14-/m0/s1. The second kappa shape index (κ2) is 5.24. The van der Waals surface area contributed by atoms with E-state index in [-0.39, 0.29) is 22.9 Å². The number of hydrogen-bond donors (Lipinski definition) is 0. The van der Waals surface area contributed by atoms with E-state index in [2.05, 4.69) is 20.8 Å². The highest BCUT2D eigenvalue weighted by atomic mass is 19.1. The monoisotopic (exact) mass is 274 g/mol. The molecule has 1 aliphatic rings. The van der Waals surface area contributed by atoms with Crippen LogP contribution in [0.4, 0.5) is 4.39 Å². The van der Waals surface area contributed by atoms with Crippen LogP contribution in [0.1, 0.15) is 49.5 Å². The van der Waals surface area contributed by atoms with E-state index in [1.807, 2.05) is 4.90 Å². The Morgan fingerprint density at radius 1 is 1.45 bits per heavy atom. The van der Waals surface area contributed by atoms with Gasteiger partial charge in [0.2, 0.25) is 0 Å². The van der Waals surface area contributed by atoms with Crippen LogP contribution in [0.2, 0.25) is 0 Å². The first-order valence-electron chi connectivity index (χ1n) is 6.85. The van der Waals surface area contributed by atoms with E-state index < -0.39 is 5.82 Å². The summed E-state index contributed by atoms with van der Waals surface area (Å²) in [6.45, 7) is 7.08. The number of nitriles is 1. The Balaban J connectivity index is 2.30. The summed E-state index contributed by atoms with van der Waals surface area (Å²) in [5, 5.41) is 8.86. The van der Waals surface area contributed by atoms with Crippen LogP contribution < -0.4 is 0 Å². The van der Waals surface area contributed by atoms with E-state index in [4.69, 9.17) is 5.26 Å². The maximum atomic E-state index is 13.3. The lowest BCUT2D eigenvalue weighted by molar-refractivity contribution is 0.0626. The third-order valence-electron chi connectivity index (χ3n) is 3.85. The minimum absolute atomic E-state index is 0.0181. The molecule has 1 fully saturated rings. The molecule has 20 heavy (non-hydrogen) atoms. The van der Waals surface area contributed by atoms with Gasteiger partial charge in [-0.1, -0.05) is 20.8 Å². The highest BCUT2D eigenvalue weighted by molar-refractivity contribution is 5.95. The number of likely N-dealkylation sites (tertiary alicyclic amines) is 1. The first-order valence-corrected chi connectivity index (χ1v) is 6.85. The predicted octanol–water partition coefficient (Wildman–Crippen LogP) is 3.35. The summed E-state index contributed by atoms with van der Waals surface area (Å²) in [6.07, 6.45) is 1.97. The lowest BCUT2D eigenvalue weighted by Crippen LogP contribution is -2.43. The minimum Gasteiger partial charge on any atom is -0.335 e. The highest BCUT2D eigenvalue weighted by Gasteiger charge is 2.37. The largest absolute Gasteiger partial charge is 0.335 e. The molecule has 1 heterocycles. The van der Waals surface area contributed by atoms with Crippen molar-refractivity contribution in [2.24, 2.45) is 5.41 Å². The highest BCUT2D eigenvalue weighted by Crippen LogP contribution is 2.33. The van der Waals surface area contributed by atoms with Crippen molar-refractivity contribution >= 4 is 5.91 Å². The number of carbonyl (C=O) groups is 1. The lowest BCUT2D eigenvalue weighted by atomic mass is 9.85. The van der Waals surface area contributed by atoms with E-state index in [0.717, 1.165) is 19.4 Å². The third kappa shape index (κ3) is 2.67. The number of amides is 1. The fourth-order valence-electron chi connectivity index (χ4n) is 2.82. The van der Waals surface area contributed by atoms with Gasteiger partial charge in [-0.15, -0.1) is 0 Å². The van der Waals surface area contributed by atoms with Gasteiger partial charge in [-0.2, -0.15) is 5.26 Å². The van der Waals surface area contributed by atoms with Crippen LogP contribution in [0.15, 0.2) is 18.2 Å². The van der Waals surface area contributed by atoms with Gasteiger partial charge in [-0.3, -0.25) is 4.79 Å². The minimum atomic E-state index is -0.585. The molecule has 4 heteroatoms. The summed E-state index contributed by atoms with van der Waals surface area (Å²) in [6, 6.07) is 5.95. The fraction of sp³-hybridized carbons (Fsp3) is 0.500. The second-order valence-electron chi connectivity index (χ2n) is 6.33. The molecule has 106 valence electrons. The quantitative estimate of drug-likeness (QED) is 0.788. The van der Waals surface area contributed by atoms with Crippen molar-refractivity contribution in [3.05, 3.63) is 35.1 Å². The topological polar surface area (TPSA) is 44.1 Å². The first-order chi connectivity index (χ1) is 9.34. The van der Waals surface area contributed by atoms with Crippen molar-refractivity contribution in [3.8, 4) is 6.07 Å². The van der Waals surface area contributed by atoms with E-state index in [0.29, 0.717) is 5.56 Å². The summed E-state index contributed by atoms with van der Waals surface area (Å²) < 4.78 is 13.3. The summed E-state index contributed by atoms with van der Waals surface area (Å²) in [5.74, 6) is -0.697.